The third kappa shape index (κ3) is 3.03. The SMILES string of the molecule is OCc1cc(OCC2Cc3ccccc3S2)ccc1Br. The molecule has 0 spiro atoms. The first kappa shape index (κ1) is 14.0. The first-order valence-corrected chi connectivity index (χ1v) is 8.20. The summed E-state index contributed by atoms with van der Waals surface area (Å²) in [5.41, 5.74) is 2.27. The van der Waals surface area contributed by atoms with Crippen LogP contribution in [0.1, 0.15) is 11.1 Å². The van der Waals surface area contributed by atoms with Gasteiger partial charge in [0, 0.05) is 14.6 Å². The number of aliphatic hydroxyl groups is 1. The molecule has 1 N–H and O–H groups in total. The fourth-order valence-electron chi connectivity index (χ4n) is 2.30. The summed E-state index contributed by atoms with van der Waals surface area (Å²) in [6.07, 6.45) is 1.06. The molecule has 1 aliphatic heterocycles. The van der Waals surface area contributed by atoms with E-state index in [9.17, 15) is 5.11 Å². The lowest BCUT2D eigenvalue weighted by molar-refractivity contribution is 0.278. The maximum Gasteiger partial charge on any atom is 0.119 e. The summed E-state index contributed by atoms with van der Waals surface area (Å²) >= 11 is 5.29. The minimum absolute atomic E-state index is 0.0153. The van der Waals surface area contributed by atoms with Crippen molar-refractivity contribution < 1.29 is 9.84 Å². The maximum absolute atomic E-state index is 9.25. The van der Waals surface area contributed by atoms with Crippen molar-refractivity contribution in [3.8, 4) is 5.75 Å². The molecular formula is C16H15BrO2S. The highest BCUT2D eigenvalue weighted by molar-refractivity contribution is 9.10. The van der Waals surface area contributed by atoms with Crippen molar-refractivity contribution in [1.82, 2.24) is 0 Å². The Bertz CT molecular complexity index is 590. The molecule has 1 heterocycles. The summed E-state index contributed by atoms with van der Waals surface area (Å²) in [5.74, 6) is 0.814. The van der Waals surface area contributed by atoms with E-state index in [1.54, 1.807) is 0 Å². The molecule has 0 saturated heterocycles. The Hall–Kier alpha value is -0.970. The highest BCUT2D eigenvalue weighted by Crippen LogP contribution is 2.37. The van der Waals surface area contributed by atoms with Crippen LogP contribution >= 0.6 is 27.7 Å². The average Bonchev–Trinajstić information content (AvgIpc) is 2.89. The third-order valence-corrected chi connectivity index (χ3v) is 5.40. The van der Waals surface area contributed by atoms with Gasteiger partial charge in [-0.25, -0.2) is 0 Å². The van der Waals surface area contributed by atoms with E-state index in [0.717, 1.165) is 22.2 Å². The Balaban J connectivity index is 1.61. The lowest BCUT2D eigenvalue weighted by Gasteiger charge is -2.12. The quantitative estimate of drug-likeness (QED) is 0.902. The second kappa shape index (κ2) is 6.20. The van der Waals surface area contributed by atoms with E-state index in [1.807, 2.05) is 30.0 Å². The highest BCUT2D eigenvalue weighted by atomic mass is 79.9. The van der Waals surface area contributed by atoms with E-state index in [-0.39, 0.29) is 6.61 Å². The first-order chi connectivity index (χ1) is 9.76. The maximum atomic E-state index is 9.25. The van der Waals surface area contributed by atoms with Crippen LogP contribution in [-0.4, -0.2) is 17.0 Å². The van der Waals surface area contributed by atoms with Gasteiger partial charge in [-0.3, -0.25) is 0 Å². The predicted octanol–water partition coefficient (Wildman–Crippen LogP) is 4.04. The minimum Gasteiger partial charge on any atom is -0.492 e. The normalized spacial score (nSPS) is 17.0. The lowest BCUT2D eigenvalue weighted by Crippen LogP contribution is -2.13. The number of hydrogen-bond acceptors (Lipinski definition) is 3. The summed E-state index contributed by atoms with van der Waals surface area (Å²) in [7, 11) is 0. The van der Waals surface area contributed by atoms with Crippen LogP contribution in [0.15, 0.2) is 51.8 Å². The van der Waals surface area contributed by atoms with Crippen LogP contribution in [-0.2, 0) is 13.0 Å². The Morgan fingerprint density at radius 3 is 2.90 bits per heavy atom. The predicted molar refractivity (Wildman–Crippen MR) is 85.4 cm³/mol. The molecular weight excluding hydrogens is 336 g/mol. The summed E-state index contributed by atoms with van der Waals surface area (Å²) in [4.78, 5) is 1.37. The Labute approximate surface area is 131 Å². The van der Waals surface area contributed by atoms with E-state index >= 15 is 0 Å². The topological polar surface area (TPSA) is 29.5 Å². The van der Waals surface area contributed by atoms with E-state index in [4.69, 9.17) is 4.74 Å². The monoisotopic (exact) mass is 350 g/mol. The highest BCUT2D eigenvalue weighted by Gasteiger charge is 2.22. The number of halogens is 1. The summed E-state index contributed by atoms with van der Waals surface area (Å²) in [6, 6.07) is 14.3. The van der Waals surface area contributed by atoms with Crippen LogP contribution in [0.5, 0.6) is 5.75 Å². The molecule has 1 aliphatic rings. The smallest absolute Gasteiger partial charge is 0.119 e. The van der Waals surface area contributed by atoms with Crippen LogP contribution in [0.25, 0.3) is 0 Å². The number of thioether (sulfide) groups is 1. The van der Waals surface area contributed by atoms with Gasteiger partial charge in [0.15, 0.2) is 0 Å². The first-order valence-electron chi connectivity index (χ1n) is 6.53. The van der Waals surface area contributed by atoms with E-state index < -0.39 is 0 Å². The molecule has 0 fully saturated rings. The molecule has 0 amide bonds. The Morgan fingerprint density at radius 1 is 1.25 bits per heavy atom. The van der Waals surface area contributed by atoms with Gasteiger partial charge in [-0.15, -0.1) is 11.8 Å². The van der Waals surface area contributed by atoms with Gasteiger partial charge in [-0.2, -0.15) is 0 Å². The molecule has 0 aromatic heterocycles. The zero-order valence-electron chi connectivity index (χ0n) is 10.9. The van der Waals surface area contributed by atoms with Crippen molar-refractivity contribution in [2.45, 2.75) is 23.2 Å². The lowest BCUT2D eigenvalue weighted by atomic mass is 10.1. The van der Waals surface area contributed by atoms with Crippen LogP contribution < -0.4 is 4.74 Å². The number of hydrogen-bond donors (Lipinski definition) is 1. The van der Waals surface area contributed by atoms with Crippen molar-refractivity contribution in [3.05, 3.63) is 58.1 Å². The number of rotatable bonds is 4. The van der Waals surface area contributed by atoms with Crippen molar-refractivity contribution in [3.63, 3.8) is 0 Å². The van der Waals surface area contributed by atoms with Gasteiger partial charge in [-0.1, -0.05) is 34.1 Å². The van der Waals surface area contributed by atoms with E-state index in [0.29, 0.717) is 11.9 Å². The molecule has 20 heavy (non-hydrogen) atoms. The third-order valence-electron chi connectivity index (χ3n) is 3.34. The molecule has 0 bridgehead atoms. The molecule has 3 rings (SSSR count). The van der Waals surface area contributed by atoms with Gasteiger partial charge in [0.25, 0.3) is 0 Å². The van der Waals surface area contributed by atoms with Crippen molar-refractivity contribution in [2.24, 2.45) is 0 Å². The number of ether oxygens (including phenoxy) is 1. The Morgan fingerprint density at radius 2 is 2.10 bits per heavy atom. The number of fused-ring (bicyclic) bond motifs is 1. The fraction of sp³-hybridized carbons (Fsp3) is 0.250. The Kier molecular flexibility index (Phi) is 4.34. The minimum atomic E-state index is 0.0153. The van der Waals surface area contributed by atoms with Gasteiger partial charge in [0.05, 0.1) is 6.61 Å². The molecule has 2 aromatic carbocycles. The number of aliphatic hydroxyl groups excluding tert-OH is 1. The molecule has 4 heteroatoms. The van der Waals surface area contributed by atoms with E-state index in [2.05, 4.69) is 40.2 Å². The summed E-state index contributed by atoms with van der Waals surface area (Å²) in [5, 5.41) is 9.72. The molecule has 2 aromatic rings. The van der Waals surface area contributed by atoms with Gasteiger partial charge in [0.1, 0.15) is 12.4 Å². The molecule has 1 unspecified atom stereocenters. The van der Waals surface area contributed by atoms with Crippen LogP contribution in [0.4, 0.5) is 0 Å². The largest absolute Gasteiger partial charge is 0.492 e. The summed E-state index contributed by atoms with van der Waals surface area (Å²) < 4.78 is 6.78. The molecule has 0 radical (unpaired) electrons. The van der Waals surface area contributed by atoms with Gasteiger partial charge < -0.3 is 9.84 Å². The molecule has 104 valence electrons. The summed E-state index contributed by atoms with van der Waals surface area (Å²) in [6.45, 7) is 0.702. The van der Waals surface area contributed by atoms with Crippen LogP contribution in [0.3, 0.4) is 0 Å². The average molecular weight is 351 g/mol. The van der Waals surface area contributed by atoms with Gasteiger partial charge in [0.2, 0.25) is 0 Å². The molecule has 0 saturated carbocycles. The second-order valence-electron chi connectivity index (χ2n) is 4.77. The molecule has 0 aliphatic carbocycles. The second-order valence-corrected chi connectivity index (χ2v) is 6.97. The van der Waals surface area contributed by atoms with Crippen molar-refractivity contribution in [1.29, 1.82) is 0 Å². The van der Waals surface area contributed by atoms with Crippen LogP contribution in [0, 0.1) is 0 Å². The zero-order valence-corrected chi connectivity index (χ0v) is 13.3. The molecule has 1 atom stereocenters. The molecule has 2 nitrogen and oxygen atoms in total. The van der Waals surface area contributed by atoms with Crippen molar-refractivity contribution in [2.75, 3.05) is 6.61 Å². The van der Waals surface area contributed by atoms with Gasteiger partial charge in [-0.05, 0) is 41.8 Å². The standard InChI is InChI=1S/C16H15BrO2S/c17-15-6-5-13(7-12(15)9-18)19-10-14-8-11-3-1-2-4-16(11)20-14/h1-7,14,18H,8-10H2. The van der Waals surface area contributed by atoms with E-state index in [1.165, 1.54) is 10.5 Å². The van der Waals surface area contributed by atoms with Crippen molar-refractivity contribution >= 4 is 27.7 Å². The van der Waals surface area contributed by atoms with Crippen LogP contribution in [0.2, 0.25) is 0 Å². The number of benzene rings is 2. The van der Waals surface area contributed by atoms with Gasteiger partial charge >= 0.3 is 0 Å². The zero-order chi connectivity index (χ0) is 13.9. The fourth-order valence-corrected chi connectivity index (χ4v) is 3.89.